The Hall–Kier alpha value is -5.62. The Labute approximate surface area is 260 Å². The van der Waals surface area contributed by atoms with Crippen molar-refractivity contribution in [1.82, 2.24) is 14.3 Å². The van der Waals surface area contributed by atoms with Gasteiger partial charge < -0.3 is 9.47 Å². The number of esters is 1. The zero-order chi connectivity index (χ0) is 31.7. The van der Waals surface area contributed by atoms with E-state index in [-0.39, 0.29) is 23.4 Å². The van der Waals surface area contributed by atoms with Gasteiger partial charge in [-0.05, 0) is 49.8 Å². The number of nitrogens with zero attached hydrogens (tertiary/aromatic N) is 5. The average Bonchev–Trinajstić information content (AvgIpc) is 3.61. The van der Waals surface area contributed by atoms with E-state index < -0.39 is 16.9 Å². The summed E-state index contributed by atoms with van der Waals surface area (Å²) in [6.45, 7) is 3.62. The predicted octanol–water partition coefficient (Wildman–Crippen LogP) is 4.57. The van der Waals surface area contributed by atoms with Crippen molar-refractivity contribution in [2.75, 3.05) is 13.7 Å². The van der Waals surface area contributed by atoms with Crippen molar-refractivity contribution in [3.63, 3.8) is 0 Å². The second-order valence-electron chi connectivity index (χ2n) is 10.1. The first-order chi connectivity index (χ1) is 21.8. The normalized spacial score (nSPS) is 14.6. The molecule has 0 saturated carbocycles. The van der Waals surface area contributed by atoms with Gasteiger partial charge in [0.1, 0.15) is 11.4 Å². The van der Waals surface area contributed by atoms with Gasteiger partial charge in [-0.1, -0.05) is 53.8 Å². The lowest BCUT2D eigenvalue weighted by Gasteiger charge is -2.24. The number of nitro groups is 1. The van der Waals surface area contributed by atoms with E-state index in [2.05, 4.69) is 4.99 Å². The van der Waals surface area contributed by atoms with Gasteiger partial charge >= 0.3 is 5.97 Å². The van der Waals surface area contributed by atoms with Crippen LogP contribution in [-0.4, -0.2) is 39.0 Å². The third-order valence-electron chi connectivity index (χ3n) is 7.33. The monoisotopic (exact) mass is 621 g/mol. The number of thiazole rings is 1. The fourth-order valence-corrected chi connectivity index (χ4v) is 6.27. The van der Waals surface area contributed by atoms with E-state index in [1.165, 1.54) is 28.0 Å². The molecule has 1 unspecified atom stereocenters. The maximum atomic E-state index is 14.2. The number of ether oxygens (including phenoxy) is 2. The third-order valence-corrected chi connectivity index (χ3v) is 8.31. The highest BCUT2D eigenvalue weighted by Crippen LogP contribution is 2.32. The highest BCUT2D eigenvalue weighted by Gasteiger charge is 2.33. The number of para-hydroxylation sites is 1. The molecule has 0 N–H and O–H groups in total. The summed E-state index contributed by atoms with van der Waals surface area (Å²) in [4.78, 5) is 43.6. The molecule has 45 heavy (non-hydrogen) atoms. The molecular formula is C33H27N5O6S. The summed E-state index contributed by atoms with van der Waals surface area (Å²) in [6.07, 6.45) is 3.48. The van der Waals surface area contributed by atoms with Crippen molar-refractivity contribution in [3.8, 4) is 22.7 Å². The minimum absolute atomic E-state index is 0.0754. The first kappa shape index (κ1) is 29.5. The highest BCUT2D eigenvalue weighted by molar-refractivity contribution is 7.07. The Kier molecular flexibility index (Phi) is 7.97. The van der Waals surface area contributed by atoms with Crippen molar-refractivity contribution >= 4 is 29.1 Å². The van der Waals surface area contributed by atoms with Crippen LogP contribution in [0.2, 0.25) is 0 Å². The maximum Gasteiger partial charge on any atom is 0.338 e. The fourth-order valence-electron chi connectivity index (χ4n) is 5.23. The van der Waals surface area contributed by atoms with Crippen molar-refractivity contribution in [2.45, 2.75) is 19.9 Å². The van der Waals surface area contributed by atoms with Crippen LogP contribution in [0.4, 0.5) is 5.69 Å². The number of carbonyl (C=O) groups excluding carboxylic acids is 1. The molecule has 2 aromatic heterocycles. The summed E-state index contributed by atoms with van der Waals surface area (Å²) in [6, 6.07) is 22.0. The van der Waals surface area contributed by atoms with E-state index in [0.29, 0.717) is 43.2 Å². The quantitative estimate of drug-likeness (QED) is 0.141. The number of benzene rings is 3. The highest BCUT2D eigenvalue weighted by atomic mass is 32.1. The summed E-state index contributed by atoms with van der Waals surface area (Å²) < 4.78 is 14.2. The average molecular weight is 622 g/mol. The molecule has 0 radical (unpaired) electrons. The number of methoxy groups -OCH3 is 1. The molecule has 3 heterocycles. The van der Waals surface area contributed by atoms with E-state index >= 15 is 0 Å². The van der Waals surface area contributed by atoms with Crippen LogP contribution < -0.4 is 19.6 Å². The molecule has 1 atom stereocenters. The van der Waals surface area contributed by atoms with Crippen molar-refractivity contribution in [1.29, 1.82) is 0 Å². The summed E-state index contributed by atoms with van der Waals surface area (Å²) in [7, 11) is 1.56. The van der Waals surface area contributed by atoms with Crippen molar-refractivity contribution in [3.05, 3.63) is 137 Å². The minimum atomic E-state index is -0.781. The first-order valence-corrected chi connectivity index (χ1v) is 14.8. The smallest absolute Gasteiger partial charge is 0.338 e. The number of allylic oxidation sites excluding steroid dienone is 1. The lowest BCUT2D eigenvalue weighted by atomic mass is 9.96. The zero-order valence-electron chi connectivity index (χ0n) is 24.5. The van der Waals surface area contributed by atoms with E-state index in [1.807, 2.05) is 42.5 Å². The zero-order valence-corrected chi connectivity index (χ0v) is 25.4. The van der Waals surface area contributed by atoms with E-state index in [4.69, 9.17) is 14.6 Å². The number of fused-ring (bicyclic) bond motifs is 1. The predicted molar refractivity (Wildman–Crippen MR) is 169 cm³/mol. The molecule has 0 bridgehead atoms. The van der Waals surface area contributed by atoms with Crippen molar-refractivity contribution in [2.24, 2.45) is 4.99 Å². The molecule has 6 rings (SSSR count). The standard InChI is InChI=1S/C33H27N5O6S/c1-4-44-32(40)28-20(2)34-33-37(30(28)21-13-15-26(43-3)16-14-21)31(39)27(45-33)18-23-19-36(24-10-6-5-7-11-24)35-29(23)22-9-8-12-25(17-22)38(41)42/h5-19,30H,4H2,1-3H3. The Balaban J connectivity index is 1.56. The van der Waals surface area contributed by atoms with Crippen LogP contribution in [0.5, 0.6) is 5.75 Å². The first-order valence-electron chi connectivity index (χ1n) is 14.0. The lowest BCUT2D eigenvalue weighted by molar-refractivity contribution is -0.384. The number of non-ortho nitro benzene ring substituents is 1. The number of carbonyl (C=O) groups is 1. The van der Waals surface area contributed by atoms with E-state index in [9.17, 15) is 19.7 Å². The van der Waals surface area contributed by atoms with Gasteiger partial charge in [-0.25, -0.2) is 14.5 Å². The number of aromatic nitrogens is 3. The van der Waals surface area contributed by atoms with Crippen LogP contribution in [0.15, 0.2) is 106 Å². The van der Waals surface area contributed by atoms with Crippen LogP contribution >= 0.6 is 11.3 Å². The molecule has 0 saturated heterocycles. The second kappa shape index (κ2) is 12.2. The molecular weight excluding hydrogens is 594 g/mol. The Morgan fingerprint density at radius 1 is 1.09 bits per heavy atom. The second-order valence-corrected chi connectivity index (χ2v) is 11.1. The van der Waals surface area contributed by atoms with Gasteiger partial charge in [0.25, 0.3) is 11.2 Å². The molecule has 3 aromatic carbocycles. The molecule has 0 spiro atoms. The van der Waals surface area contributed by atoms with Gasteiger partial charge in [0.15, 0.2) is 4.80 Å². The van der Waals surface area contributed by atoms with Crippen LogP contribution in [0.1, 0.15) is 31.0 Å². The summed E-state index contributed by atoms with van der Waals surface area (Å²) in [5, 5.41) is 16.3. The van der Waals surface area contributed by atoms with Gasteiger partial charge in [-0.2, -0.15) is 5.10 Å². The number of hydrogen-bond donors (Lipinski definition) is 0. The molecule has 5 aromatic rings. The van der Waals surface area contributed by atoms with Gasteiger partial charge in [0, 0.05) is 29.5 Å². The van der Waals surface area contributed by atoms with Gasteiger partial charge in [0.05, 0.1) is 46.2 Å². The summed E-state index contributed by atoms with van der Waals surface area (Å²) >= 11 is 1.18. The largest absolute Gasteiger partial charge is 0.497 e. The summed E-state index contributed by atoms with van der Waals surface area (Å²) in [5.74, 6) is 0.0830. The van der Waals surface area contributed by atoms with E-state index in [1.54, 1.807) is 62.2 Å². The molecule has 1 aliphatic heterocycles. The molecule has 12 heteroatoms. The van der Waals surface area contributed by atoms with Gasteiger partial charge in [-0.3, -0.25) is 19.5 Å². The molecule has 11 nitrogen and oxygen atoms in total. The van der Waals surface area contributed by atoms with Crippen LogP contribution in [0.3, 0.4) is 0 Å². The van der Waals surface area contributed by atoms with Crippen LogP contribution in [-0.2, 0) is 9.53 Å². The maximum absolute atomic E-state index is 14.2. The fraction of sp³-hybridized carbons (Fsp3) is 0.152. The molecule has 0 fully saturated rings. The Morgan fingerprint density at radius 2 is 1.84 bits per heavy atom. The Morgan fingerprint density at radius 3 is 2.53 bits per heavy atom. The van der Waals surface area contributed by atoms with Crippen LogP contribution in [0.25, 0.3) is 23.0 Å². The lowest BCUT2D eigenvalue weighted by Crippen LogP contribution is -2.39. The number of nitro benzene ring substituents is 1. The topological polar surface area (TPSA) is 131 Å². The molecule has 0 aliphatic carbocycles. The molecule has 0 amide bonds. The minimum Gasteiger partial charge on any atom is -0.497 e. The SMILES string of the molecule is CCOC(=O)C1=C(C)N=c2sc(=Cc3cn(-c4ccccc4)nc3-c3cccc([N+](=O)[O-])c3)c(=O)n2C1c1ccc(OC)cc1. The van der Waals surface area contributed by atoms with E-state index in [0.717, 1.165) is 5.69 Å². The number of hydrogen-bond acceptors (Lipinski definition) is 9. The third kappa shape index (κ3) is 5.58. The molecule has 226 valence electrons. The van der Waals surface area contributed by atoms with Crippen LogP contribution in [0, 0.1) is 10.1 Å². The van der Waals surface area contributed by atoms with Gasteiger partial charge in [-0.15, -0.1) is 0 Å². The number of rotatable bonds is 8. The Bertz CT molecular complexity index is 2150. The van der Waals surface area contributed by atoms with Crippen molar-refractivity contribution < 1.29 is 19.2 Å². The van der Waals surface area contributed by atoms with Gasteiger partial charge in [0.2, 0.25) is 0 Å². The molecule has 1 aliphatic rings. The summed E-state index contributed by atoms with van der Waals surface area (Å²) in [5.41, 5.74) is 3.32.